The molecule has 0 saturated carbocycles. The largest absolute Gasteiger partial charge is 0.339 e. The van der Waals surface area contributed by atoms with Crippen LogP contribution in [0.1, 0.15) is 19.7 Å². The lowest BCUT2D eigenvalue weighted by molar-refractivity contribution is 0.363. The fraction of sp³-hybridized carbons (Fsp3) is 0.417. The second-order valence-electron chi connectivity index (χ2n) is 4.04. The fourth-order valence-corrected chi connectivity index (χ4v) is 1.74. The molecular weight excluding hydrogens is 252 g/mol. The summed E-state index contributed by atoms with van der Waals surface area (Å²) in [7, 11) is 0. The van der Waals surface area contributed by atoms with Crippen molar-refractivity contribution in [2.45, 2.75) is 26.3 Å². The van der Waals surface area contributed by atoms with E-state index in [0.29, 0.717) is 34.9 Å². The predicted octanol–water partition coefficient (Wildman–Crippen LogP) is 2.33. The first-order chi connectivity index (χ1) is 8.69. The number of hydrogen-bond donors (Lipinski definition) is 1. The molecule has 6 heteroatoms. The number of likely N-dealkylation sites (N-methyl/N-ethyl adjacent to an activating group) is 1. The van der Waals surface area contributed by atoms with Crippen LogP contribution in [0, 0.1) is 0 Å². The summed E-state index contributed by atoms with van der Waals surface area (Å²) < 4.78 is 5.19. The number of halogens is 1. The summed E-state index contributed by atoms with van der Waals surface area (Å²) in [6, 6.07) is 3.83. The molecule has 0 amide bonds. The zero-order valence-corrected chi connectivity index (χ0v) is 11.1. The van der Waals surface area contributed by atoms with Crippen molar-refractivity contribution in [2.24, 2.45) is 0 Å². The molecular formula is C12H15ClN4O. The van der Waals surface area contributed by atoms with Crippen LogP contribution in [-0.4, -0.2) is 27.7 Å². The molecule has 1 unspecified atom stereocenters. The average Bonchev–Trinajstić information content (AvgIpc) is 2.78. The summed E-state index contributed by atoms with van der Waals surface area (Å²) in [5.41, 5.74) is 0.658. The third-order valence-corrected chi connectivity index (χ3v) is 2.68. The van der Waals surface area contributed by atoms with E-state index < -0.39 is 0 Å². The molecule has 2 aromatic rings. The van der Waals surface area contributed by atoms with Gasteiger partial charge in [0.25, 0.3) is 0 Å². The van der Waals surface area contributed by atoms with Crippen LogP contribution in [0.3, 0.4) is 0 Å². The number of pyridine rings is 1. The molecule has 18 heavy (non-hydrogen) atoms. The van der Waals surface area contributed by atoms with Gasteiger partial charge in [0.05, 0.1) is 5.02 Å². The normalized spacial score (nSPS) is 12.6. The Balaban J connectivity index is 2.08. The van der Waals surface area contributed by atoms with Gasteiger partial charge in [0.15, 0.2) is 0 Å². The summed E-state index contributed by atoms with van der Waals surface area (Å²) >= 11 is 5.77. The fourth-order valence-electron chi connectivity index (χ4n) is 1.63. The van der Waals surface area contributed by atoms with Crippen LogP contribution in [0.4, 0.5) is 0 Å². The van der Waals surface area contributed by atoms with E-state index in [4.69, 9.17) is 16.1 Å². The first-order valence-electron chi connectivity index (χ1n) is 5.87. The smallest absolute Gasteiger partial charge is 0.228 e. The van der Waals surface area contributed by atoms with E-state index in [1.807, 2.05) is 0 Å². The highest BCUT2D eigenvalue weighted by atomic mass is 35.5. The number of nitrogens with zero attached hydrogens (tertiary/aromatic N) is 3. The van der Waals surface area contributed by atoms with E-state index in [2.05, 4.69) is 34.3 Å². The minimum Gasteiger partial charge on any atom is -0.339 e. The van der Waals surface area contributed by atoms with Crippen molar-refractivity contribution in [1.82, 2.24) is 20.4 Å². The average molecular weight is 267 g/mol. The van der Waals surface area contributed by atoms with Gasteiger partial charge in [-0.1, -0.05) is 23.7 Å². The van der Waals surface area contributed by atoms with Gasteiger partial charge in [-0.15, -0.1) is 0 Å². The van der Waals surface area contributed by atoms with Crippen LogP contribution in [0.5, 0.6) is 0 Å². The second-order valence-corrected chi connectivity index (χ2v) is 4.47. The summed E-state index contributed by atoms with van der Waals surface area (Å²) in [5, 5.41) is 7.79. The van der Waals surface area contributed by atoms with E-state index in [-0.39, 0.29) is 0 Å². The van der Waals surface area contributed by atoms with Crippen molar-refractivity contribution in [3.63, 3.8) is 0 Å². The third-order valence-electron chi connectivity index (χ3n) is 2.46. The van der Waals surface area contributed by atoms with Crippen molar-refractivity contribution >= 4 is 11.6 Å². The molecule has 0 aliphatic rings. The molecule has 0 bridgehead atoms. The Hall–Kier alpha value is -1.46. The molecule has 2 heterocycles. The molecule has 96 valence electrons. The Morgan fingerprint density at radius 2 is 2.28 bits per heavy atom. The number of rotatable bonds is 5. The molecule has 1 N–H and O–H groups in total. The summed E-state index contributed by atoms with van der Waals surface area (Å²) in [4.78, 5) is 8.45. The van der Waals surface area contributed by atoms with Crippen molar-refractivity contribution in [3.05, 3.63) is 29.2 Å². The van der Waals surface area contributed by atoms with Gasteiger partial charge in [0.2, 0.25) is 11.7 Å². The lowest BCUT2D eigenvalue weighted by Gasteiger charge is -2.07. The summed E-state index contributed by atoms with van der Waals surface area (Å²) in [5.74, 6) is 1.10. The topological polar surface area (TPSA) is 63.8 Å². The Kier molecular flexibility index (Phi) is 4.28. The van der Waals surface area contributed by atoms with Gasteiger partial charge in [-0.25, -0.2) is 0 Å². The molecule has 2 aromatic heterocycles. The Morgan fingerprint density at radius 3 is 2.94 bits per heavy atom. The van der Waals surface area contributed by atoms with E-state index in [1.165, 1.54) is 0 Å². The molecule has 0 fully saturated rings. The molecule has 0 saturated heterocycles. The highest BCUT2D eigenvalue weighted by Crippen LogP contribution is 2.15. The maximum atomic E-state index is 5.77. The van der Waals surface area contributed by atoms with E-state index in [9.17, 15) is 0 Å². The summed E-state index contributed by atoms with van der Waals surface area (Å²) in [6.45, 7) is 5.06. The van der Waals surface area contributed by atoms with Gasteiger partial charge in [0.1, 0.15) is 5.69 Å². The maximum Gasteiger partial charge on any atom is 0.228 e. The van der Waals surface area contributed by atoms with E-state index in [0.717, 1.165) is 6.54 Å². The van der Waals surface area contributed by atoms with Gasteiger partial charge < -0.3 is 9.84 Å². The van der Waals surface area contributed by atoms with Gasteiger partial charge in [-0.2, -0.15) is 4.98 Å². The van der Waals surface area contributed by atoms with Crippen molar-refractivity contribution < 1.29 is 4.52 Å². The quantitative estimate of drug-likeness (QED) is 0.900. The van der Waals surface area contributed by atoms with Crippen LogP contribution >= 0.6 is 11.6 Å². The molecule has 0 radical (unpaired) electrons. The lowest BCUT2D eigenvalue weighted by Crippen LogP contribution is -2.27. The zero-order chi connectivity index (χ0) is 13.0. The molecule has 0 aliphatic carbocycles. The SMILES string of the molecule is CCNC(C)Cc1nc(-c2ccc(Cl)cn2)no1. The lowest BCUT2D eigenvalue weighted by atomic mass is 10.2. The Morgan fingerprint density at radius 1 is 1.44 bits per heavy atom. The van der Waals surface area contributed by atoms with Gasteiger partial charge in [-0.05, 0) is 25.6 Å². The minimum absolute atomic E-state index is 0.307. The van der Waals surface area contributed by atoms with Crippen LogP contribution in [0.25, 0.3) is 11.5 Å². The summed E-state index contributed by atoms with van der Waals surface area (Å²) in [6.07, 6.45) is 2.27. The van der Waals surface area contributed by atoms with Gasteiger partial charge >= 0.3 is 0 Å². The maximum absolute atomic E-state index is 5.77. The van der Waals surface area contributed by atoms with Gasteiger partial charge in [-0.3, -0.25) is 4.98 Å². The molecule has 0 aromatic carbocycles. The Bertz CT molecular complexity index is 497. The molecule has 1 atom stereocenters. The number of aromatic nitrogens is 3. The first kappa shape index (κ1) is 13.0. The van der Waals surface area contributed by atoms with Crippen LogP contribution in [0.2, 0.25) is 5.02 Å². The number of hydrogen-bond acceptors (Lipinski definition) is 5. The first-order valence-corrected chi connectivity index (χ1v) is 6.24. The standard InChI is InChI=1S/C12H15ClN4O/c1-3-14-8(2)6-11-16-12(17-18-11)10-5-4-9(13)7-15-10/h4-5,7-8,14H,3,6H2,1-2H3. The molecule has 0 aliphatic heterocycles. The highest BCUT2D eigenvalue weighted by molar-refractivity contribution is 6.30. The molecule has 5 nitrogen and oxygen atoms in total. The zero-order valence-electron chi connectivity index (χ0n) is 10.4. The monoisotopic (exact) mass is 266 g/mol. The third kappa shape index (κ3) is 3.27. The minimum atomic E-state index is 0.307. The predicted molar refractivity (Wildman–Crippen MR) is 69.4 cm³/mol. The molecule has 2 rings (SSSR count). The van der Waals surface area contributed by atoms with Crippen LogP contribution in [-0.2, 0) is 6.42 Å². The van der Waals surface area contributed by atoms with E-state index >= 15 is 0 Å². The Labute approximate surface area is 111 Å². The van der Waals surface area contributed by atoms with Gasteiger partial charge in [0, 0.05) is 18.7 Å². The van der Waals surface area contributed by atoms with Crippen molar-refractivity contribution in [3.8, 4) is 11.5 Å². The van der Waals surface area contributed by atoms with Crippen LogP contribution < -0.4 is 5.32 Å². The number of nitrogens with one attached hydrogen (secondary N) is 1. The van der Waals surface area contributed by atoms with Crippen molar-refractivity contribution in [2.75, 3.05) is 6.54 Å². The highest BCUT2D eigenvalue weighted by Gasteiger charge is 2.12. The van der Waals surface area contributed by atoms with Crippen LogP contribution in [0.15, 0.2) is 22.9 Å². The second kappa shape index (κ2) is 5.93. The van der Waals surface area contributed by atoms with Crippen molar-refractivity contribution in [1.29, 1.82) is 0 Å². The van der Waals surface area contributed by atoms with E-state index in [1.54, 1.807) is 18.3 Å². The molecule has 0 spiro atoms.